The van der Waals surface area contributed by atoms with Crippen LogP contribution in [0.1, 0.15) is 59.3 Å². The summed E-state index contributed by atoms with van der Waals surface area (Å²) in [7, 11) is -3.37. The van der Waals surface area contributed by atoms with Gasteiger partial charge < -0.3 is 0 Å². The Bertz CT molecular complexity index is 509. The summed E-state index contributed by atoms with van der Waals surface area (Å²) in [6.07, 6.45) is 6.89. The predicted molar refractivity (Wildman–Crippen MR) is 102 cm³/mol. The summed E-state index contributed by atoms with van der Waals surface area (Å²) in [6.45, 7) is 6.59. The number of unbranched alkanes of at least 4 members (excludes halogenated alkanes) is 3. The van der Waals surface area contributed by atoms with Crippen molar-refractivity contribution in [3.8, 4) is 0 Å². The van der Waals surface area contributed by atoms with Crippen LogP contribution in [0.15, 0.2) is 35.2 Å². The first-order valence-electron chi connectivity index (χ1n) is 9.08. The topological polar surface area (TPSA) is 46.2 Å². The van der Waals surface area contributed by atoms with Crippen LogP contribution in [0.5, 0.6) is 0 Å². The Morgan fingerprint density at radius 1 is 0.826 bits per heavy atom. The van der Waals surface area contributed by atoms with E-state index < -0.39 is 28.7 Å². The Hall–Kier alpha value is -0.0713. The molecule has 0 bridgehead atoms. The molecule has 5 heteroatoms. The molecule has 0 atom stereocenters. The Kier molecular flexibility index (Phi) is 9.78. The van der Waals surface area contributed by atoms with Crippen LogP contribution in [0.3, 0.4) is 0 Å². The van der Waals surface area contributed by atoms with Crippen LogP contribution in [-0.2, 0) is 10.0 Å². The van der Waals surface area contributed by atoms with Gasteiger partial charge in [0.25, 0.3) is 0 Å². The second kappa shape index (κ2) is 10.7. The Balaban J connectivity index is 3.04. The van der Waals surface area contributed by atoms with E-state index >= 15 is 0 Å². The third-order valence-electron chi connectivity index (χ3n) is 4.43. The first-order chi connectivity index (χ1) is 11.0. The molecule has 0 saturated carbocycles. The van der Waals surface area contributed by atoms with Crippen molar-refractivity contribution in [2.45, 2.75) is 77.5 Å². The van der Waals surface area contributed by atoms with Crippen LogP contribution >= 0.6 is 0 Å². The van der Waals surface area contributed by atoms with E-state index in [1.165, 1.54) is 0 Å². The normalized spacial score (nSPS) is 12.5. The third-order valence-corrected chi connectivity index (χ3v) is 23.3. The van der Waals surface area contributed by atoms with Crippen molar-refractivity contribution in [3.05, 3.63) is 30.3 Å². The number of nitrogens with one attached hydrogen (secondary N) is 1. The molecule has 132 valence electrons. The molecule has 0 saturated heterocycles. The summed E-state index contributed by atoms with van der Waals surface area (Å²) in [6, 6.07) is 8.88. The molecule has 0 heterocycles. The fraction of sp³-hybridized carbons (Fsp3) is 0.667. The number of rotatable bonds is 12. The zero-order valence-corrected chi connectivity index (χ0v) is 18.6. The summed E-state index contributed by atoms with van der Waals surface area (Å²) >= 11 is -2.90. The summed E-state index contributed by atoms with van der Waals surface area (Å²) in [5, 5.41) is 0. The van der Waals surface area contributed by atoms with Crippen LogP contribution in [0, 0.1) is 0 Å². The van der Waals surface area contributed by atoms with E-state index in [9.17, 15) is 8.42 Å². The van der Waals surface area contributed by atoms with Crippen LogP contribution in [-0.4, -0.2) is 27.1 Å². The van der Waals surface area contributed by atoms with E-state index in [1.807, 2.05) is 6.07 Å². The molecule has 0 amide bonds. The molecular weight excluding hydrogens is 413 g/mol. The van der Waals surface area contributed by atoms with Crippen molar-refractivity contribution in [3.63, 3.8) is 0 Å². The minimum atomic E-state index is -3.37. The molecule has 3 nitrogen and oxygen atoms in total. The van der Waals surface area contributed by atoms with Gasteiger partial charge in [0.1, 0.15) is 0 Å². The van der Waals surface area contributed by atoms with Gasteiger partial charge in [0.05, 0.1) is 0 Å². The van der Waals surface area contributed by atoms with Crippen molar-refractivity contribution in [2.75, 3.05) is 0 Å². The fourth-order valence-electron chi connectivity index (χ4n) is 3.02. The second-order valence-corrected chi connectivity index (χ2v) is 21.5. The summed E-state index contributed by atoms with van der Waals surface area (Å²) in [4.78, 5) is 0.422. The molecule has 0 spiro atoms. The van der Waals surface area contributed by atoms with Crippen LogP contribution < -0.4 is 2.94 Å². The molecule has 1 N–H and O–H groups in total. The maximum absolute atomic E-state index is 12.9. The monoisotopic (exact) mass is 447 g/mol. The van der Waals surface area contributed by atoms with E-state index in [2.05, 4.69) is 23.7 Å². The molecule has 0 fully saturated rings. The van der Waals surface area contributed by atoms with Crippen molar-refractivity contribution < 1.29 is 8.42 Å². The molecule has 0 aromatic heterocycles. The first-order valence-corrected chi connectivity index (χ1v) is 18.0. The maximum atomic E-state index is 12.9. The van der Waals surface area contributed by atoms with Gasteiger partial charge in [-0.3, -0.25) is 0 Å². The van der Waals surface area contributed by atoms with Gasteiger partial charge in [-0.25, -0.2) is 0 Å². The van der Waals surface area contributed by atoms with Gasteiger partial charge >= 0.3 is 148 Å². The van der Waals surface area contributed by atoms with Gasteiger partial charge in [-0.1, -0.05) is 0 Å². The summed E-state index contributed by atoms with van der Waals surface area (Å²) in [5.41, 5.74) is 0. The molecule has 0 aliphatic carbocycles. The van der Waals surface area contributed by atoms with E-state index in [0.717, 1.165) is 51.8 Å². The van der Waals surface area contributed by atoms with E-state index in [0.29, 0.717) is 4.90 Å². The fourth-order valence-corrected chi connectivity index (χ4v) is 24.0. The Labute approximate surface area is 147 Å². The van der Waals surface area contributed by atoms with Crippen molar-refractivity contribution in [1.82, 2.24) is 2.94 Å². The van der Waals surface area contributed by atoms with Gasteiger partial charge in [-0.15, -0.1) is 0 Å². The van der Waals surface area contributed by atoms with Gasteiger partial charge in [0.2, 0.25) is 0 Å². The number of benzene rings is 1. The minimum absolute atomic E-state index is 0.422. The van der Waals surface area contributed by atoms with Crippen molar-refractivity contribution in [2.24, 2.45) is 0 Å². The van der Waals surface area contributed by atoms with Crippen LogP contribution in [0.4, 0.5) is 0 Å². The van der Waals surface area contributed by atoms with Crippen molar-refractivity contribution in [1.29, 1.82) is 0 Å². The molecule has 0 aliphatic rings. The average Bonchev–Trinajstić information content (AvgIpc) is 2.56. The predicted octanol–water partition coefficient (Wildman–Crippen LogP) is 5.31. The quantitative estimate of drug-likeness (QED) is 0.443. The standard InChI is InChI=1S/C6H6NO2S.3C4H9.Sn/c7-10(8,9)6-4-2-1-3-5-6;3*1-3-4-2;/h1-5H,(H-,7,8,9);3*1,3-4H2,2H3;/q-1;;;;+1. The molecule has 1 aromatic carbocycles. The molecule has 23 heavy (non-hydrogen) atoms. The number of sulfonamides is 1. The zero-order chi connectivity index (χ0) is 17.2. The summed E-state index contributed by atoms with van der Waals surface area (Å²) < 4.78 is 32.5. The summed E-state index contributed by atoms with van der Waals surface area (Å²) in [5.74, 6) is 0. The molecule has 1 rings (SSSR count). The van der Waals surface area contributed by atoms with E-state index in [-0.39, 0.29) is 0 Å². The molecule has 0 radical (unpaired) electrons. The van der Waals surface area contributed by atoms with Gasteiger partial charge in [-0.2, -0.15) is 0 Å². The van der Waals surface area contributed by atoms with Gasteiger partial charge in [-0.05, 0) is 0 Å². The SMILES string of the molecule is CCC[CH2][Sn]([CH2]CCC)([CH2]CCC)[NH]S(=O)(=O)c1ccccc1. The third kappa shape index (κ3) is 7.14. The number of hydrogen-bond acceptors (Lipinski definition) is 2. The van der Waals surface area contributed by atoms with Crippen molar-refractivity contribution >= 4 is 28.7 Å². The molecule has 0 aliphatic heterocycles. The molecular formula is C18H33NO2SSn. The average molecular weight is 446 g/mol. The Morgan fingerprint density at radius 3 is 1.65 bits per heavy atom. The second-order valence-electron chi connectivity index (χ2n) is 6.51. The van der Waals surface area contributed by atoms with E-state index in [1.54, 1.807) is 24.3 Å². The zero-order valence-electron chi connectivity index (χ0n) is 15.0. The van der Waals surface area contributed by atoms with Gasteiger partial charge in [0, 0.05) is 0 Å². The van der Waals surface area contributed by atoms with Crippen LogP contribution in [0.25, 0.3) is 0 Å². The molecule has 1 aromatic rings. The van der Waals surface area contributed by atoms with Gasteiger partial charge in [0.15, 0.2) is 0 Å². The van der Waals surface area contributed by atoms with E-state index in [4.69, 9.17) is 0 Å². The Morgan fingerprint density at radius 2 is 1.26 bits per heavy atom. The first kappa shape index (κ1) is 21.0. The number of hydrogen-bond donors (Lipinski definition) is 1. The van der Waals surface area contributed by atoms with Crippen LogP contribution in [0.2, 0.25) is 13.3 Å². The molecule has 0 unspecified atom stereocenters.